The first-order valence-corrected chi connectivity index (χ1v) is 14.8. The summed E-state index contributed by atoms with van der Waals surface area (Å²) in [5.74, 6) is -7.23. The summed E-state index contributed by atoms with van der Waals surface area (Å²) in [5, 5.41) is 10.6. The third kappa shape index (κ3) is 4.51. The Morgan fingerprint density at radius 2 is 1.76 bits per heavy atom. The summed E-state index contributed by atoms with van der Waals surface area (Å²) < 4.78 is 65.1. The Morgan fingerprint density at radius 1 is 1.04 bits per heavy atom. The van der Waals surface area contributed by atoms with Gasteiger partial charge in [-0.3, -0.25) is 14.3 Å². The van der Waals surface area contributed by atoms with Crippen molar-refractivity contribution in [3.05, 3.63) is 82.1 Å². The fourth-order valence-corrected chi connectivity index (χ4v) is 6.84. The highest BCUT2D eigenvalue weighted by Gasteiger charge is 2.42. The summed E-state index contributed by atoms with van der Waals surface area (Å²) in [7, 11) is 1.54. The standard InChI is InChI=1S/C33H32F4N6O3/c1-7-21(45)41-12-17(5)42-18(14-41)13-40(6)30-24-31(27(37)23(26(30)36)22-20(44)9-8-19(34)25(22)35)43(33(46)39-32(24)42)29-16(4)10-11-38-28(29)15(2)3/h7-11,15,17-18,44H,1,12-14H2,2-6H3. The van der Waals surface area contributed by atoms with E-state index in [0.29, 0.717) is 17.3 Å². The molecule has 2 aliphatic heterocycles. The number of aryl methyl sites for hydroxylation is 1. The molecule has 0 spiro atoms. The molecule has 2 aromatic carbocycles. The average Bonchev–Trinajstić information content (AvgIpc) is 3.12. The number of phenols is 1. The van der Waals surface area contributed by atoms with Crippen LogP contribution in [0.25, 0.3) is 27.7 Å². The summed E-state index contributed by atoms with van der Waals surface area (Å²) in [6, 6.07) is 2.10. The number of piperazine rings is 1. The predicted octanol–water partition coefficient (Wildman–Crippen LogP) is 5.18. The van der Waals surface area contributed by atoms with Crippen LogP contribution >= 0.6 is 0 Å². The SMILES string of the molecule is C=CC(=O)N1CC(C)N2c3nc(=O)n(-c4c(C)ccnc4C(C)C)c4c(F)c(-c5c(O)ccc(F)c5F)c(F)c(c34)N(C)CC2C1. The molecule has 2 unspecified atom stereocenters. The van der Waals surface area contributed by atoms with Crippen LogP contribution in [0.2, 0.25) is 0 Å². The molecule has 2 atom stereocenters. The third-order valence-corrected chi connectivity index (χ3v) is 8.80. The maximum atomic E-state index is 17.3. The van der Waals surface area contributed by atoms with Crippen molar-refractivity contribution in [2.24, 2.45) is 0 Å². The van der Waals surface area contributed by atoms with Gasteiger partial charge >= 0.3 is 5.69 Å². The van der Waals surface area contributed by atoms with Crippen LogP contribution in [0.4, 0.5) is 29.1 Å². The van der Waals surface area contributed by atoms with Gasteiger partial charge in [0.15, 0.2) is 23.3 Å². The minimum Gasteiger partial charge on any atom is -0.507 e. The number of carbonyl (C=O) groups excluding carboxylic acids is 1. The lowest BCUT2D eigenvalue weighted by atomic mass is 9.97. The van der Waals surface area contributed by atoms with Crippen LogP contribution in [0.5, 0.6) is 5.75 Å². The van der Waals surface area contributed by atoms with Crippen molar-refractivity contribution >= 4 is 28.3 Å². The molecule has 240 valence electrons. The quantitative estimate of drug-likeness (QED) is 0.244. The number of aromatic nitrogens is 3. The number of amides is 1. The van der Waals surface area contributed by atoms with E-state index >= 15 is 13.2 Å². The Labute approximate surface area is 262 Å². The van der Waals surface area contributed by atoms with E-state index in [4.69, 9.17) is 0 Å². The van der Waals surface area contributed by atoms with Gasteiger partial charge in [0.1, 0.15) is 17.1 Å². The van der Waals surface area contributed by atoms with Crippen molar-refractivity contribution in [2.45, 2.75) is 45.7 Å². The van der Waals surface area contributed by atoms with E-state index in [2.05, 4.69) is 16.5 Å². The molecule has 4 heterocycles. The lowest BCUT2D eigenvalue weighted by Crippen LogP contribution is -2.61. The van der Waals surface area contributed by atoms with Gasteiger partial charge in [0.05, 0.1) is 39.6 Å². The van der Waals surface area contributed by atoms with Crippen molar-refractivity contribution in [3.63, 3.8) is 0 Å². The number of hydrogen-bond acceptors (Lipinski definition) is 7. The average molecular weight is 637 g/mol. The van der Waals surface area contributed by atoms with Crippen molar-refractivity contribution < 1.29 is 27.5 Å². The molecule has 46 heavy (non-hydrogen) atoms. The molecule has 1 fully saturated rings. The van der Waals surface area contributed by atoms with E-state index in [1.807, 2.05) is 20.8 Å². The number of fused-ring (bicyclic) bond motifs is 2. The number of likely N-dealkylation sites (N-methyl/N-ethyl adjacent to an activating group) is 1. The zero-order valence-corrected chi connectivity index (χ0v) is 25.9. The van der Waals surface area contributed by atoms with E-state index in [0.717, 1.165) is 10.6 Å². The molecule has 1 saturated heterocycles. The maximum absolute atomic E-state index is 17.3. The molecule has 0 bridgehead atoms. The van der Waals surface area contributed by atoms with Gasteiger partial charge < -0.3 is 19.8 Å². The number of nitrogens with zero attached hydrogens (tertiary/aromatic N) is 6. The van der Waals surface area contributed by atoms with E-state index in [9.17, 15) is 19.1 Å². The number of pyridine rings is 1. The van der Waals surface area contributed by atoms with Crippen LogP contribution in [0.15, 0.2) is 41.8 Å². The summed E-state index contributed by atoms with van der Waals surface area (Å²) >= 11 is 0. The molecule has 1 N–H and O–H groups in total. The van der Waals surface area contributed by atoms with Gasteiger partial charge in [-0.05, 0) is 49.6 Å². The summed E-state index contributed by atoms with van der Waals surface area (Å²) in [6.07, 6.45) is 2.74. The van der Waals surface area contributed by atoms with Crippen molar-refractivity contribution in [1.29, 1.82) is 0 Å². The van der Waals surface area contributed by atoms with E-state index in [1.54, 1.807) is 29.0 Å². The number of hydrogen-bond donors (Lipinski definition) is 1. The molecule has 0 saturated carbocycles. The van der Waals surface area contributed by atoms with Crippen LogP contribution < -0.4 is 15.5 Å². The molecule has 6 rings (SSSR count). The number of aromatic hydroxyl groups is 1. The summed E-state index contributed by atoms with van der Waals surface area (Å²) in [6.45, 7) is 11.2. The minimum atomic E-state index is -1.66. The highest BCUT2D eigenvalue weighted by atomic mass is 19.2. The smallest absolute Gasteiger partial charge is 0.354 e. The Kier molecular flexibility index (Phi) is 7.52. The van der Waals surface area contributed by atoms with Gasteiger partial charge in [0, 0.05) is 38.9 Å². The fourth-order valence-electron chi connectivity index (χ4n) is 6.84. The second kappa shape index (κ2) is 11.1. The van der Waals surface area contributed by atoms with Crippen LogP contribution in [-0.4, -0.2) is 69.2 Å². The zero-order valence-electron chi connectivity index (χ0n) is 25.9. The van der Waals surface area contributed by atoms with Crippen LogP contribution in [-0.2, 0) is 4.79 Å². The molecule has 2 aliphatic rings. The van der Waals surface area contributed by atoms with Crippen molar-refractivity contribution in [2.75, 3.05) is 36.5 Å². The Balaban J connectivity index is 1.82. The Hall–Kier alpha value is -4.94. The Bertz CT molecular complexity index is 2010. The number of phenolic OH excluding ortho intramolecular Hbond substituents is 1. The lowest BCUT2D eigenvalue weighted by molar-refractivity contribution is -0.127. The van der Waals surface area contributed by atoms with Gasteiger partial charge in [-0.1, -0.05) is 20.4 Å². The van der Waals surface area contributed by atoms with Gasteiger partial charge in [-0.25, -0.2) is 22.4 Å². The third-order valence-electron chi connectivity index (χ3n) is 8.80. The van der Waals surface area contributed by atoms with Gasteiger partial charge in [0.2, 0.25) is 5.91 Å². The highest BCUT2D eigenvalue weighted by Crippen LogP contribution is 2.48. The summed E-state index contributed by atoms with van der Waals surface area (Å²) in [4.78, 5) is 40.6. The second-order valence-corrected chi connectivity index (χ2v) is 12.1. The first kappa shape index (κ1) is 31.1. The van der Waals surface area contributed by atoms with Crippen LogP contribution in [0, 0.1) is 30.2 Å². The maximum Gasteiger partial charge on any atom is 0.354 e. The number of benzene rings is 2. The second-order valence-electron chi connectivity index (χ2n) is 12.1. The molecule has 1 amide bonds. The molecule has 4 aromatic rings. The molecule has 2 aromatic heterocycles. The monoisotopic (exact) mass is 636 g/mol. The normalized spacial score (nSPS) is 17.8. The molecule has 13 heteroatoms. The predicted molar refractivity (Wildman–Crippen MR) is 167 cm³/mol. The molecular formula is C33H32F4N6O3. The van der Waals surface area contributed by atoms with Gasteiger partial charge in [-0.2, -0.15) is 4.98 Å². The number of halogens is 4. The van der Waals surface area contributed by atoms with E-state index in [-0.39, 0.29) is 54.0 Å². The minimum absolute atomic E-state index is 0.0141. The largest absolute Gasteiger partial charge is 0.507 e. The number of rotatable bonds is 4. The molecule has 0 aliphatic carbocycles. The topological polar surface area (TPSA) is 94.8 Å². The van der Waals surface area contributed by atoms with Crippen molar-refractivity contribution in [3.8, 4) is 22.6 Å². The first-order valence-electron chi connectivity index (χ1n) is 14.8. The summed E-state index contributed by atoms with van der Waals surface area (Å²) in [5.41, 5.74) is -2.47. The zero-order chi connectivity index (χ0) is 33.4. The van der Waals surface area contributed by atoms with Gasteiger partial charge in [-0.15, -0.1) is 0 Å². The Morgan fingerprint density at radius 3 is 2.43 bits per heavy atom. The highest BCUT2D eigenvalue weighted by molar-refractivity contribution is 6.06. The van der Waals surface area contributed by atoms with Crippen molar-refractivity contribution in [1.82, 2.24) is 19.4 Å². The lowest BCUT2D eigenvalue weighted by Gasteiger charge is -2.46. The van der Waals surface area contributed by atoms with Gasteiger partial charge in [0.25, 0.3) is 0 Å². The van der Waals surface area contributed by atoms with Crippen LogP contribution in [0.1, 0.15) is 37.9 Å². The molecular weight excluding hydrogens is 604 g/mol. The van der Waals surface area contributed by atoms with Crippen LogP contribution in [0.3, 0.4) is 0 Å². The fraction of sp³-hybridized carbons (Fsp3) is 0.333. The molecule has 0 radical (unpaired) electrons. The van der Waals surface area contributed by atoms with E-state index < -0.39 is 63.4 Å². The first-order chi connectivity index (χ1) is 21.8. The van der Waals surface area contributed by atoms with E-state index in [1.165, 1.54) is 18.0 Å². The number of carbonyl (C=O) groups is 1. The molecule has 9 nitrogen and oxygen atoms in total. The number of anilines is 2.